The number of hydrogen-bond donors (Lipinski definition) is 3. The molecule has 104 valence electrons. The van der Waals surface area contributed by atoms with E-state index in [9.17, 15) is 4.79 Å². The summed E-state index contributed by atoms with van der Waals surface area (Å²) in [5.41, 5.74) is 0.143. The molecule has 3 N–H and O–H groups in total. The van der Waals surface area contributed by atoms with E-state index in [1.165, 1.54) is 12.1 Å². The van der Waals surface area contributed by atoms with Crippen LogP contribution in [0.5, 0.6) is 0 Å². The Labute approximate surface area is 116 Å². The summed E-state index contributed by atoms with van der Waals surface area (Å²) in [6, 6.07) is 2.83. The van der Waals surface area contributed by atoms with Crippen molar-refractivity contribution in [1.82, 2.24) is 15.2 Å². The number of nitrogens with zero attached hydrogens (tertiary/aromatic N) is 2. The van der Waals surface area contributed by atoms with Crippen LogP contribution in [-0.4, -0.2) is 60.2 Å². The van der Waals surface area contributed by atoms with Gasteiger partial charge in [0.15, 0.2) is 0 Å². The van der Waals surface area contributed by atoms with Crippen molar-refractivity contribution in [3.05, 3.63) is 22.8 Å². The van der Waals surface area contributed by atoms with Crippen LogP contribution >= 0.6 is 11.6 Å². The molecular formula is C12H17ClN4O2. The number of carboxylic acids is 1. The molecule has 0 saturated carbocycles. The van der Waals surface area contributed by atoms with Crippen molar-refractivity contribution in [3.63, 3.8) is 0 Å². The predicted molar refractivity (Wildman–Crippen MR) is 74.0 cm³/mol. The van der Waals surface area contributed by atoms with Crippen molar-refractivity contribution >= 4 is 23.4 Å². The lowest BCUT2D eigenvalue weighted by molar-refractivity contribution is 0.0697. The average Bonchev–Trinajstić information content (AvgIpc) is 2.39. The Morgan fingerprint density at radius 3 is 2.89 bits per heavy atom. The zero-order valence-corrected chi connectivity index (χ0v) is 11.3. The van der Waals surface area contributed by atoms with E-state index in [0.717, 1.165) is 32.7 Å². The molecule has 0 aromatic carbocycles. The molecule has 0 radical (unpaired) electrons. The summed E-state index contributed by atoms with van der Waals surface area (Å²) in [6.45, 7) is 5.71. The van der Waals surface area contributed by atoms with Crippen LogP contribution in [0.4, 0.5) is 5.82 Å². The van der Waals surface area contributed by atoms with Gasteiger partial charge in [0.25, 0.3) is 0 Å². The Morgan fingerprint density at radius 1 is 1.47 bits per heavy atom. The van der Waals surface area contributed by atoms with E-state index in [1.54, 1.807) is 0 Å². The van der Waals surface area contributed by atoms with Gasteiger partial charge in [-0.25, -0.2) is 9.78 Å². The molecule has 1 aliphatic heterocycles. The first-order valence-electron chi connectivity index (χ1n) is 6.23. The highest BCUT2D eigenvalue weighted by molar-refractivity contribution is 6.29. The first-order valence-corrected chi connectivity index (χ1v) is 6.61. The number of anilines is 1. The largest absolute Gasteiger partial charge is 0.478 e. The zero-order chi connectivity index (χ0) is 13.7. The molecule has 1 aliphatic rings. The molecule has 6 nitrogen and oxygen atoms in total. The van der Waals surface area contributed by atoms with E-state index in [1.807, 2.05) is 0 Å². The van der Waals surface area contributed by atoms with Crippen LogP contribution in [0.1, 0.15) is 10.4 Å². The van der Waals surface area contributed by atoms with Gasteiger partial charge in [0.2, 0.25) is 0 Å². The second-order valence-electron chi connectivity index (χ2n) is 4.39. The van der Waals surface area contributed by atoms with E-state index < -0.39 is 5.97 Å². The van der Waals surface area contributed by atoms with Crippen molar-refractivity contribution in [2.24, 2.45) is 0 Å². The lowest BCUT2D eigenvalue weighted by Crippen LogP contribution is -2.45. The molecule has 19 heavy (non-hydrogen) atoms. The predicted octanol–water partition coefficient (Wildman–Crippen LogP) is 0.750. The van der Waals surface area contributed by atoms with Gasteiger partial charge in [0, 0.05) is 39.3 Å². The second kappa shape index (κ2) is 6.70. The van der Waals surface area contributed by atoms with E-state index in [2.05, 4.69) is 20.5 Å². The van der Waals surface area contributed by atoms with Crippen molar-refractivity contribution in [2.45, 2.75) is 0 Å². The molecule has 1 fully saturated rings. The zero-order valence-electron chi connectivity index (χ0n) is 10.5. The van der Waals surface area contributed by atoms with Gasteiger partial charge in [0.1, 0.15) is 11.0 Å². The minimum Gasteiger partial charge on any atom is -0.478 e. The van der Waals surface area contributed by atoms with Gasteiger partial charge >= 0.3 is 5.97 Å². The summed E-state index contributed by atoms with van der Waals surface area (Å²) in [5.74, 6) is -0.505. The third-order valence-corrected chi connectivity index (χ3v) is 3.18. The van der Waals surface area contributed by atoms with E-state index >= 15 is 0 Å². The van der Waals surface area contributed by atoms with Gasteiger partial charge in [-0.05, 0) is 12.1 Å². The minimum absolute atomic E-state index is 0.143. The van der Waals surface area contributed by atoms with Gasteiger partial charge in [-0.3, -0.25) is 4.90 Å². The van der Waals surface area contributed by atoms with Crippen LogP contribution in [0.25, 0.3) is 0 Å². The fourth-order valence-corrected chi connectivity index (χ4v) is 2.20. The van der Waals surface area contributed by atoms with Gasteiger partial charge in [-0.2, -0.15) is 0 Å². The number of hydrogen-bond acceptors (Lipinski definition) is 5. The number of nitrogens with one attached hydrogen (secondary N) is 2. The molecule has 7 heteroatoms. The Morgan fingerprint density at radius 2 is 2.21 bits per heavy atom. The van der Waals surface area contributed by atoms with E-state index in [4.69, 9.17) is 16.7 Å². The third kappa shape index (κ3) is 4.34. The van der Waals surface area contributed by atoms with Crippen LogP contribution in [0.15, 0.2) is 12.1 Å². The van der Waals surface area contributed by atoms with Gasteiger partial charge in [0.05, 0.1) is 5.56 Å². The number of aromatic carboxylic acids is 1. The smallest absolute Gasteiger partial charge is 0.335 e. The highest BCUT2D eigenvalue weighted by Crippen LogP contribution is 2.14. The number of piperazine rings is 1. The van der Waals surface area contributed by atoms with Crippen molar-refractivity contribution in [2.75, 3.05) is 44.6 Å². The maximum absolute atomic E-state index is 10.9. The van der Waals surface area contributed by atoms with Crippen LogP contribution < -0.4 is 10.6 Å². The second-order valence-corrected chi connectivity index (χ2v) is 4.77. The average molecular weight is 285 g/mol. The maximum Gasteiger partial charge on any atom is 0.335 e. The Bertz CT molecular complexity index is 449. The summed E-state index contributed by atoms with van der Waals surface area (Å²) < 4.78 is 0. The van der Waals surface area contributed by atoms with E-state index in [0.29, 0.717) is 12.4 Å². The quantitative estimate of drug-likeness (QED) is 0.693. The van der Waals surface area contributed by atoms with Crippen LogP contribution in [0, 0.1) is 0 Å². The standard InChI is InChI=1S/C12H17ClN4O2/c13-10-7-9(12(18)19)8-11(16-10)15-3-6-17-4-1-14-2-5-17/h7-8,14H,1-6H2,(H,15,16)(H,18,19). The van der Waals surface area contributed by atoms with Gasteiger partial charge < -0.3 is 15.7 Å². The SMILES string of the molecule is O=C(O)c1cc(Cl)nc(NCCN2CCNCC2)c1. The fourth-order valence-electron chi connectivity index (χ4n) is 1.99. The third-order valence-electron chi connectivity index (χ3n) is 2.98. The molecule has 0 bridgehead atoms. The number of aromatic nitrogens is 1. The number of pyridine rings is 1. The summed E-state index contributed by atoms with van der Waals surface area (Å²) in [6.07, 6.45) is 0. The Kier molecular flexibility index (Phi) is 4.95. The number of halogens is 1. The topological polar surface area (TPSA) is 77.5 Å². The van der Waals surface area contributed by atoms with Gasteiger partial charge in [-0.15, -0.1) is 0 Å². The number of rotatable bonds is 5. The first kappa shape index (κ1) is 14.0. The van der Waals surface area contributed by atoms with Crippen LogP contribution in [-0.2, 0) is 0 Å². The minimum atomic E-state index is -1.01. The number of carbonyl (C=O) groups is 1. The first-order chi connectivity index (χ1) is 9.15. The molecule has 2 heterocycles. The monoisotopic (exact) mass is 284 g/mol. The molecule has 1 aromatic heterocycles. The molecule has 0 atom stereocenters. The van der Waals surface area contributed by atoms with Crippen LogP contribution in [0.2, 0.25) is 5.15 Å². The highest BCUT2D eigenvalue weighted by Gasteiger charge is 2.10. The molecule has 2 rings (SSSR count). The molecular weight excluding hydrogens is 268 g/mol. The molecule has 1 saturated heterocycles. The Hall–Kier alpha value is -1.37. The van der Waals surface area contributed by atoms with Crippen molar-refractivity contribution in [3.8, 4) is 0 Å². The maximum atomic E-state index is 10.9. The lowest BCUT2D eigenvalue weighted by atomic mass is 10.2. The molecule has 0 amide bonds. The van der Waals surface area contributed by atoms with Crippen molar-refractivity contribution < 1.29 is 9.90 Å². The molecule has 0 spiro atoms. The highest BCUT2D eigenvalue weighted by atomic mass is 35.5. The summed E-state index contributed by atoms with van der Waals surface area (Å²) in [7, 11) is 0. The molecule has 0 unspecified atom stereocenters. The van der Waals surface area contributed by atoms with Crippen molar-refractivity contribution in [1.29, 1.82) is 0 Å². The van der Waals surface area contributed by atoms with Crippen LogP contribution in [0.3, 0.4) is 0 Å². The van der Waals surface area contributed by atoms with Gasteiger partial charge in [-0.1, -0.05) is 11.6 Å². The molecule has 1 aromatic rings. The fraction of sp³-hybridized carbons (Fsp3) is 0.500. The summed E-state index contributed by atoms with van der Waals surface area (Å²) in [5, 5.41) is 15.5. The number of carboxylic acid groups (broad SMARTS) is 1. The molecule has 0 aliphatic carbocycles. The summed E-state index contributed by atoms with van der Waals surface area (Å²) >= 11 is 5.79. The lowest BCUT2D eigenvalue weighted by Gasteiger charge is -2.27. The van der Waals surface area contributed by atoms with E-state index in [-0.39, 0.29) is 10.7 Å². The summed E-state index contributed by atoms with van der Waals surface area (Å²) in [4.78, 5) is 17.3. The Balaban J connectivity index is 1.86. The normalized spacial score (nSPS) is 16.3.